The monoisotopic (exact) mass is 448 g/mol. The molecule has 178 valence electrons. The van der Waals surface area contributed by atoms with E-state index in [0.717, 1.165) is 45.5 Å². The maximum atomic E-state index is 13.6. The van der Waals surface area contributed by atoms with Gasteiger partial charge in [0, 0.05) is 78.3 Å². The highest BCUT2D eigenvalue weighted by atomic mass is 19.4. The second-order valence-electron chi connectivity index (χ2n) is 7.84. The van der Waals surface area contributed by atoms with Gasteiger partial charge in [0.15, 0.2) is 5.96 Å². The van der Waals surface area contributed by atoms with Gasteiger partial charge in [-0.25, -0.2) is 4.98 Å². The van der Waals surface area contributed by atoms with Crippen LogP contribution in [0, 0.1) is 0 Å². The molecule has 2 rings (SSSR count). The molecule has 31 heavy (non-hydrogen) atoms. The summed E-state index contributed by atoms with van der Waals surface area (Å²) in [5.41, 5.74) is -3.06. The van der Waals surface area contributed by atoms with Crippen LogP contribution in [0.2, 0.25) is 0 Å². The van der Waals surface area contributed by atoms with Crippen molar-refractivity contribution in [2.75, 3.05) is 46.4 Å². The molecule has 1 aliphatic rings. The van der Waals surface area contributed by atoms with Gasteiger partial charge in [0.05, 0.1) is 0 Å². The van der Waals surface area contributed by atoms with Crippen molar-refractivity contribution in [3.05, 3.63) is 18.2 Å². The van der Waals surface area contributed by atoms with Gasteiger partial charge in [0.1, 0.15) is 5.82 Å². The van der Waals surface area contributed by atoms with Crippen molar-refractivity contribution in [1.29, 1.82) is 0 Å². The fraction of sp³-hybridized carbons (Fsp3) is 0.800. The van der Waals surface area contributed by atoms with Crippen LogP contribution in [0.15, 0.2) is 17.4 Å². The maximum Gasteiger partial charge on any atom is 0.424 e. The van der Waals surface area contributed by atoms with Crippen LogP contribution >= 0.6 is 0 Å². The van der Waals surface area contributed by atoms with Crippen LogP contribution in [-0.4, -0.2) is 84.2 Å². The predicted molar refractivity (Wildman–Crippen MR) is 113 cm³/mol. The van der Waals surface area contributed by atoms with Crippen molar-refractivity contribution >= 4 is 5.96 Å². The topological polar surface area (TPSA) is 86.9 Å². The van der Waals surface area contributed by atoms with Crippen LogP contribution in [0.4, 0.5) is 13.2 Å². The Balaban J connectivity index is 1.94. The molecule has 8 nitrogen and oxygen atoms in total. The summed E-state index contributed by atoms with van der Waals surface area (Å²) in [6, 6.07) is 0.201. The van der Waals surface area contributed by atoms with Crippen molar-refractivity contribution < 1.29 is 23.0 Å². The Morgan fingerprint density at radius 2 is 2.06 bits per heavy atom. The fourth-order valence-corrected chi connectivity index (χ4v) is 3.72. The van der Waals surface area contributed by atoms with E-state index < -0.39 is 24.0 Å². The standard InChI is InChI=1S/C20H35F3N6O2/c1-4-24-18(27-16-6-12-29(13-7-16)11-5-15-31-3)26-9-8-19(30,20(21,22)23)17-25-10-14-28(17)2/h10,14,16,30H,4-9,11-13,15H2,1-3H3,(H2,24,26,27). The molecular formula is C20H35F3N6O2. The van der Waals surface area contributed by atoms with E-state index in [4.69, 9.17) is 4.74 Å². The molecule has 1 aliphatic heterocycles. The zero-order valence-electron chi connectivity index (χ0n) is 18.6. The molecule has 1 aromatic rings. The number of guanidine groups is 1. The van der Waals surface area contributed by atoms with Gasteiger partial charge in [0.2, 0.25) is 5.60 Å². The number of methoxy groups -OCH3 is 1. The highest BCUT2D eigenvalue weighted by molar-refractivity contribution is 5.80. The molecular weight excluding hydrogens is 413 g/mol. The second-order valence-corrected chi connectivity index (χ2v) is 7.84. The summed E-state index contributed by atoms with van der Waals surface area (Å²) in [4.78, 5) is 10.4. The van der Waals surface area contributed by atoms with E-state index in [0.29, 0.717) is 12.5 Å². The summed E-state index contributed by atoms with van der Waals surface area (Å²) >= 11 is 0. The summed E-state index contributed by atoms with van der Waals surface area (Å²) in [7, 11) is 3.12. The first-order chi connectivity index (χ1) is 14.7. The number of aliphatic hydroxyl groups is 1. The smallest absolute Gasteiger partial charge is 0.385 e. The predicted octanol–water partition coefficient (Wildman–Crippen LogP) is 1.62. The van der Waals surface area contributed by atoms with E-state index in [1.165, 1.54) is 24.0 Å². The molecule has 1 saturated heterocycles. The summed E-state index contributed by atoms with van der Waals surface area (Å²) in [6.45, 7) is 5.94. The Hall–Kier alpha value is -1.85. The average Bonchev–Trinajstić information content (AvgIpc) is 3.15. The van der Waals surface area contributed by atoms with E-state index in [9.17, 15) is 18.3 Å². The number of nitrogens with one attached hydrogen (secondary N) is 2. The largest absolute Gasteiger partial charge is 0.424 e. The number of rotatable bonds is 10. The van der Waals surface area contributed by atoms with Crippen LogP contribution in [0.1, 0.15) is 38.4 Å². The Morgan fingerprint density at radius 3 is 2.61 bits per heavy atom. The zero-order chi connectivity index (χ0) is 22.9. The van der Waals surface area contributed by atoms with E-state index in [1.807, 2.05) is 6.92 Å². The Kier molecular flexibility index (Phi) is 9.57. The first-order valence-electron chi connectivity index (χ1n) is 10.7. The van der Waals surface area contributed by atoms with Gasteiger partial charge in [-0.3, -0.25) is 4.99 Å². The highest BCUT2D eigenvalue weighted by Crippen LogP contribution is 2.40. The maximum absolute atomic E-state index is 13.6. The molecule has 0 saturated carbocycles. The van der Waals surface area contributed by atoms with Crippen LogP contribution < -0.4 is 10.6 Å². The van der Waals surface area contributed by atoms with E-state index in [2.05, 4.69) is 25.5 Å². The summed E-state index contributed by atoms with van der Waals surface area (Å²) in [6.07, 6.45) is -0.00476. The SMILES string of the molecule is CCNC(=NCCC(O)(c1nccn1C)C(F)(F)F)NC1CCN(CCCOC)CC1. The van der Waals surface area contributed by atoms with Gasteiger partial charge in [-0.05, 0) is 26.2 Å². The van der Waals surface area contributed by atoms with E-state index >= 15 is 0 Å². The van der Waals surface area contributed by atoms with Crippen LogP contribution in [-0.2, 0) is 17.4 Å². The van der Waals surface area contributed by atoms with Gasteiger partial charge in [-0.2, -0.15) is 13.2 Å². The average molecular weight is 449 g/mol. The lowest BCUT2D eigenvalue weighted by Gasteiger charge is -2.33. The minimum atomic E-state index is -4.86. The lowest BCUT2D eigenvalue weighted by Crippen LogP contribution is -2.49. The molecule has 1 atom stereocenters. The van der Waals surface area contributed by atoms with Crippen LogP contribution in [0.5, 0.6) is 0 Å². The third-order valence-electron chi connectivity index (χ3n) is 5.50. The number of imidazole rings is 1. The Bertz CT molecular complexity index is 689. The van der Waals surface area contributed by atoms with E-state index in [1.54, 1.807) is 7.11 Å². The molecule has 3 N–H and O–H groups in total. The van der Waals surface area contributed by atoms with Gasteiger partial charge in [-0.1, -0.05) is 0 Å². The quantitative estimate of drug-likeness (QED) is 0.287. The molecule has 0 spiro atoms. The van der Waals surface area contributed by atoms with Crippen LogP contribution in [0.25, 0.3) is 0 Å². The first-order valence-corrected chi connectivity index (χ1v) is 10.7. The van der Waals surface area contributed by atoms with Gasteiger partial charge in [0.25, 0.3) is 0 Å². The molecule has 2 heterocycles. The van der Waals surface area contributed by atoms with Gasteiger partial charge < -0.3 is 29.9 Å². The minimum absolute atomic E-state index is 0.200. The van der Waals surface area contributed by atoms with Crippen LogP contribution in [0.3, 0.4) is 0 Å². The number of aromatic nitrogens is 2. The summed E-state index contributed by atoms with van der Waals surface area (Å²) in [5.74, 6) is 0.0266. The number of likely N-dealkylation sites (tertiary alicyclic amines) is 1. The second kappa shape index (κ2) is 11.7. The van der Waals surface area contributed by atoms with Crippen molar-refractivity contribution in [1.82, 2.24) is 25.1 Å². The number of hydrogen-bond acceptors (Lipinski definition) is 5. The lowest BCUT2D eigenvalue weighted by molar-refractivity contribution is -0.272. The molecule has 0 aliphatic carbocycles. The number of alkyl halides is 3. The molecule has 0 radical (unpaired) electrons. The number of aliphatic imine (C=N–C) groups is 1. The minimum Gasteiger partial charge on any atom is -0.385 e. The normalized spacial score (nSPS) is 18.7. The Morgan fingerprint density at radius 1 is 1.35 bits per heavy atom. The van der Waals surface area contributed by atoms with Crippen molar-refractivity contribution in [2.24, 2.45) is 12.0 Å². The number of nitrogens with zero attached hydrogens (tertiary/aromatic N) is 4. The van der Waals surface area contributed by atoms with Crippen molar-refractivity contribution in [3.63, 3.8) is 0 Å². The number of ether oxygens (including phenoxy) is 1. The van der Waals surface area contributed by atoms with E-state index in [-0.39, 0.29) is 12.6 Å². The zero-order valence-corrected chi connectivity index (χ0v) is 18.6. The highest BCUT2D eigenvalue weighted by Gasteiger charge is 2.57. The van der Waals surface area contributed by atoms with Crippen molar-refractivity contribution in [3.8, 4) is 0 Å². The number of piperidine rings is 1. The Labute approximate surface area is 181 Å². The number of halogens is 3. The molecule has 1 fully saturated rings. The third kappa shape index (κ3) is 7.08. The number of hydrogen-bond donors (Lipinski definition) is 3. The molecule has 0 amide bonds. The fourth-order valence-electron chi connectivity index (χ4n) is 3.72. The molecule has 11 heteroatoms. The summed E-state index contributed by atoms with van der Waals surface area (Å²) < 4.78 is 47.2. The van der Waals surface area contributed by atoms with Crippen molar-refractivity contribution in [2.45, 2.75) is 50.4 Å². The molecule has 1 unspecified atom stereocenters. The molecule has 1 aromatic heterocycles. The molecule has 0 aromatic carbocycles. The molecule has 0 bridgehead atoms. The van der Waals surface area contributed by atoms with Gasteiger partial charge in [-0.15, -0.1) is 0 Å². The number of aryl methyl sites for hydroxylation is 1. The third-order valence-corrected chi connectivity index (χ3v) is 5.50. The lowest BCUT2D eigenvalue weighted by atomic mass is 9.98. The van der Waals surface area contributed by atoms with Gasteiger partial charge >= 0.3 is 6.18 Å². The summed E-state index contributed by atoms with van der Waals surface area (Å²) in [5, 5.41) is 16.8. The first kappa shape index (κ1) is 25.4.